The molecule has 1 aromatic rings. The SMILES string of the molecule is O=C(NC1CC[NH2+]CC1)c1ccccc1. The molecule has 0 spiro atoms. The third kappa shape index (κ3) is 2.80. The van der Waals surface area contributed by atoms with Crippen molar-refractivity contribution in [1.82, 2.24) is 5.32 Å². The van der Waals surface area contributed by atoms with E-state index >= 15 is 0 Å². The van der Waals surface area contributed by atoms with Crippen LogP contribution in [0.2, 0.25) is 0 Å². The van der Waals surface area contributed by atoms with Crippen LogP contribution < -0.4 is 10.6 Å². The highest BCUT2D eigenvalue weighted by atomic mass is 16.1. The minimum absolute atomic E-state index is 0.0579. The first-order valence-corrected chi connectivity index (χ1v) is 5.54. The number of piperidine rings is 1. The molecule has 0 atom stereocenters. The van der Waals surface area contributed by atoms with Crippen molar-refractivity contribution in [1.29, 1.82) is 0 Å². The van der Waals surface area contributed by atoms with Gasteiger partial charge in [0.15, 0.2) is 0 Å². The normalized spacial score (nSPS) is 17.3. The second kappa shape index (κ2) is 4.94. The summed E-state index contributed by atoms with van der Waals surface area (Å²) in [7, 11) is 0. The second-order valence-electron chi connectivity index (χ2n) is 3.98. The van der Waals surface area contributed by atoms with Crippen molar-refractivity contribution in [2.24, 2.45) is 0 Å². The number of amides is 1. The largest absolute Gasteiger partial charge is 0.349 e. The van der Waals surface area contributed by atoms with E-state index in [1.807, 2.05) is 30.3 Å². The minimum Gasteiger partial charge on any atom is -0.349 e. The maximum atomic E-state index is 11.8. The number of carbonyl (C=O) groups is 1. The zero-order valence-corrected chi connectivity index (χ0v) is 8.78. The van der Waals surface area contributed by atoms with Crippen molar-refractivity contribution < 1.29 is 10.1 Å². The van der Waals surface area contributed by atoms with Crippen molar-refractivity contribution >= 4 is 5.91 Å². The Labute approximate surface area is 89.9 Å². The van der Waals surface area contributed by atoms with Crippen LogP contribution in [0.3, 0.4) is 0 Å². The van der Waals surface area contributed by atoms with E-state index in [0.717, 1.165) is 31.5 Å². The van der Waals surface area contributed by atoms with Gasteiger partial charge >= 0.3 is 0 Å². The Morgan fingerprint density at radius 1 is 1.20 bits per heavy atom. The second-order valence-corrected chi connectivity index (χ2v) is 3.98. The summed E-state index contributed by atoms with van der Waals surface area (Å²) in [4.78, 5) is 11.8. The number of nitrogens with one attached hydrogen (secondary N) is 1. The topological polar surface area (TPSA) is 45.7 Å². The van der Waals surface area contributed by atoms with E-state index in [9.17, 15) is 4.79 Å². The third-order valence-electron chi connectivity index (χ3n) is 2.81. The van der Waals surface area contributed by atoms with E-state index in [1.165, 1.54) is 0 Å². The van der Waals surface area contributed by atoms with Gasteiger partial charge in [0, 0.05) is 24.4 Å². The fourth-order valence-corrected chi connectivity index (χ4v) is 1.93. The molecular formula is C12H17N2O+. The first-order chi connectivity index (χ1) is 7.36. The van der Waals surface area contributed by atoms with Gasteiger partial charge in [0.2, 0.25) is 0 Å². The summed E-state index contributed by atoms with van der Waals surface area (Å²) in [5, 5.41) is 5.37. The Hall–Kier alpha value is -1.35. The van der Waals surface area contributed by atoms with Gasteiger partial charge in [0.1, 0.15) is 0 Å². The van der Waals surface area contributed by atoms with Crippen LogP contribution in [0, 0.1) is 0 Å². The predicted molar refractivity (Wildman–Crippen MR) is 58.6 cm³/mol. The highest BCUT2D eigenvalue weighted by molar-refractivity contribution is 5.94. The highest BCUT2D eigenvalue weighted by Crippen LogP contribution is 2.02. The number of benzene rings is 1. The molecule has 1 fully saturated rings. The molecule has 2 rings (SSSR count). The molecule has 1 amide bonds. The Balaban J connectivity index is 1.91. The van der Waals surface area contributed by atoms with Gasteiger partial charge in [-0.25, -0.2) is 0 Å². The van der Waals surface area contributed by atoms with E-state index < -0.39 is 0 Å². The molecule has 15 heavy (non-hydrogen) atoms. The molecule has 0 unspecified atom stereocenters. The third-order valence-corrected chi connectivity index (χ3v) is 2.81. The smallest absolute Gasteiger partial charge is 0.251 e. The van der Waals surface area contributed by atoms with Crippen LogP contribution in [0.1, 0.15) is 23.2 Å². The van der Waals surface area contributed by atoms with E-state index in [-0.39, 0.29) is 5.91 Å². The van der Waals surface area contributed by atoms with Crippen molar-refractivity contribution in [3.63, 3.8) is 0 Å². The maximum absolute atomic E-state index is 11.8. The fraction of sp³-hybridized carbons (Fsp3) is 0.417. The number of hydrogen-bond acceptors (Lipinski definition) is 1. The number of quaternary nitrogens is 1. The van der Waals surface area contributed by atoms with Gasteiger partial charge in [-0.1, -0.05) is 18.2 Å². The fourth-order valence-electron chi connectivity index (χ4n) is 1.93. The molecule has 80 valence electrons. The number of nitrogens with two attached hydrogens (primary N) is 1. The molecule has 0 saturated carbocycles. The van der Waals surface area contributed by atoms with Gasteiger partial charge in [0.05, 0.1) is 13.1 Å². The number of rotatable bonds is 2. The Kier molecular flexibility index (Phi) is 3.35. The molecule has 1 heterocycles. The van der Waals surface area contributed by atoms with Gasteiger partial charge in [0.25, 0.3) is 5.91 Å². The zero-order valence-electron chi connectivity index (χ0n) is 8.78. The van der Waals surface area contributed by atoms with Crippen LogP contribution in [0.25, 0.3) is 0 Å². The molecule has 0 aromatic heterocycles. The lowest BCUT2D eigenvalue weighted by atomic mass is 10.1. The summed E-state index contributed by atoms with van der Waals surface area (Å²) in [6.07, 6.45) is 2.16. The molecule has 1 aliphatic heterocycles. The van der Waals surface area contributed by atoms with E-state index in [0.29, 0.717) is 6.04 Å². The standard InChI is InChI=1S/C12H16N2O/c15-12(10-4-2-1-3-5-10)14-11-6-8-13-9-7-11/h1-5,11,13H,6-9H2,(H,14,15)/p+1. The average molecular weight is 205 g/mol. The van der Waals surface area contributed by atoms with Crippen molar-refractivity contribution in [2.75, 3.05) is 13.1 Å². The van der Waals surface area contributed by atoms with Crippen molar-refractivity contribution in [3.05, 3.63) is 35.9 Å². The van der Waals surface area contributed by atoms with Gasteiger partial charge in [-0.15, -0.1) is 0 Å². The van der Waals surface area contributed by atoms with Crippen molar-refractivity contribution in [2.45, 2.75) is 18.9 Å². The Bertz CT molecular complexity index is 318. The minimum atomic E-state index is 0.0579. The molecule has 1 saturated heterocycles. The number of hydrogen-bond donors (Lipinski definition) is 2. The molecular weight excluding hydrogens is 188 g/mol. The van der Waals surface area contributed by atoms with E-state index in [2.05, 4.69) is 10.6 Å². The van der Waals surface area contributed by atoms with Crippen LogP contribution in [-0.2, 0) is 0 Å². The molecule has 1 aromatic carbocycles. The lowest BCUT2D eigenvalue weighted by molar-refractivity contribution is -0.663. The lowest BCUT2D eigenvalue weighted by Gasteiger charge is -2.21. The van der Waals surface area contributed by atoms with Gasteiger partial charge in [-0.05, 0) is 12.1 Å². The summed E-state index contributed by atoms with van der Waals surface area (Å²) >= 11 is 0. The van der Waals surface area contributed by atoms with Gasteiger partial charge in [-0.3, -0.25) is 4.79 Å². The van der Waals surface area contributed by atoms with Crippen LogP contribution in [0.5, 0.6) is 0 Å². The summed E-state index contributed by atoms with van der Waals surface area (Å²) in [6.45, 7) is 2.25. The molecule has 0 bridgehead atoms. The average Bonchev–Trinajstić information content (AvgIpc) is 2.31. The first-order valence-electron chi connectivity index (χ1n) is 5.54. The Morgan fingerprint density at radius 2 is 1.87 bits per heavy atom. The number of carbonyl (C=O) groups excluding carboxylic acids is 1. The molecule has 3 N–H and O–H groups in total. The molecule has 0 radical (unpaired) electrons. The first kappa shape index (κ1) is 10.2. The quantitative estimate of drug-likeness (QED) is 0.709. The summed E-state index contributed by atoms with van der Waals surface area (Å²) in [5.41, 5.74) is 0.757. The van der Waals surface area contributed by atoms with Crippen LogP contribution in [-0.4, -0.2) is 25.0 Å². The van der Waals surface area contributed by atoms with E-state index in [4.69, 9.17) is 0 Å². The predicted octanol–water partition coefficient (Wildman–Crippen LogP) is 0.142. The Morgan fingerprint density at radius 3 is 2.53 bits per heavy atom. The van der Waals surface area contributed by atoms with Gasteiger partial charge in [-0.2, -0.15) is 0 Å². The maximum Gasteiger partial charge on any atom is 0.251 e. The lowest BCUT2D eigenvalue weighted by Crippen LogP contribution is -2.87. The van der Waals surface area contributed by atoms with Gasteiger partial charge < -0.3 is 10.6 Å². The molecule has 3 nitrogen and oxygen atoms in total. The van der Waals surface area contributed by atoms with Crippen LogP contribution >= 0.6 is 0 Å². The highest BCUT2D eigenvalue weighted by Gasteiger charge is 2.17. The summed E-state index contributed by atoms with van der Waals surface area (Å²) < 4.78 is 0. The monoisotopic (exact) mass is 205 g/mol. The summed E-state index contributed by atoms with van der Waals surface area (Å²) in [5.74, 6) is 0.0579. The van der Waals surface area contributed by atoms with Crippen LogP contribution in [0.15, 0.2) is 30.3 Å². The zero-order chi connectivity index (χ0) is 10.5. The summed E-state index contributed by atoms with van der Waals surface area (Å²) in [6, 6.07) is 9.77. The van der Waals surface area contributed by atoms with E-state index in [1.54, 1.807) is 0 Å². The molecule has 3 heteroatoms. The molecule has 0 aliphatic carbocycles. The van der Waals surface area contributed by atoms with Crippen LogP contribution in [0.4, 0.5) is 0 Å². The molecule has 1 aliphatic rings. The van der Waals surface area contributed by atoms with Crippen molar-refractivity contribution in [3.8, 4) is 0 Å².